The maximum atomic E-state index is 10.5. The molecule has 0 fully saturated rings. The van der Waals surface area contributed by atoms with Crippen LogP contribution in [0.5, 0.6) is 0 Å². The van der Waals surface area contributed by atoms with Crippen molar-refractivity contribution < 1.29 is 9.53 Å². The number of ether oxygens (including phenoxy) is 1. The van der Waals surface area contributed by atoms with Crippen molar-refractivity contribution >= 4 is 23.4 Å². The number of carbonyl (C=O) groups is 1. The van der Waals surface area contributed by atoms with Crippen molar-refractivity contribution in [2.45, 2.75) is 34.6 Å². The van der Waals surface area contributed by atoms with Crippen LogP contribution in [0.2, 0.25) is 5.02 Å². The Hall–Kier alpha value is -1.39. The molecule has 0 amide bonds. The van der Waals surface area contributed by atoms with Crippen molar-refractivity contribution in [3.8, 4) is 0 Å². The van der Waals surface area contributed by atoms with Gasteiger partial charge in [-0.3, -0.25) is 4.79 Å². The molecule has 0 radical (unpaired) electrons. The van der Waals surface area contributed by atoms with E-state index in [0.29, 0.717) is 10.6 Å². The Kier molecular flexibility index (Phi) is 14.7. The summed E-state index contributed by atoms with van der Waals surface area (Å²) in [5.74, 6) is 0. The highest BCUT2D eigenvalue weighted by atomic mass is 35.5. The lowest BCUT2D eigenvalue weighted by Crippen LogP contribution is -1.85. The van der Waals surface area contributed by atoms with E-state index in [9.17, 15) is 4.79 Å². The normalized spacial score (nSPS) is 8.35. The minimum atomic E-state index is 0.553. The molecule has 0 unspecified atom stereocenters. The van der Waals surface area contributed by atoms with Crippen molar-refractivity contribution in [1.29, 1.82) is 0 Å². The fourth-order valence-electron chi connectivity index (χ4n) is 1.06. The highest BCUT2D eigenvalue weighted by molar-refractivity contribution is 6.31. The fourth-order valence-corrected chi connectivity index (χ4v) is 1.22. The Labute approximate surface area is 126 Å². The van der Waals surface area contributed by atoms with Gasteiger partial charge in [-0.05, 0) is 19.1 Å². The van der Waals surface area contributed by atoms with Gasteiger partial charge in [0.1, 0.15) is 0 Å². The molecule has 5 heteroatoms. The molecule has 114 valence electrons. The van der Waals surface area contributed by atoms with Gasteiger partial charge in [0, 0.05) is 24.9 Å². The Morgan fingerprint density at radius 1 is 1.35 bits per heavy atom. The number of methoxy groups -OCH3 is 1. The molecular weight excluding hydrogens is 276 g/mol. The largest absolute Gasteiger partial charge is 0.385 e. The molecule has 0 aromatic carbocycles. The third-order valence-corrected chi connectivity index (χ3v) is 2.16. The monoisotopic (exact) mass is 300 g/mol. The smallest absolute Gasteiger partial charge is 0.153 e. The van der Waals surface area contributed by atoms with Crippen LogP contribution in [-0.4, -0.2) is 29.6 Å². The SMILES string of the molecule is CC.CC.CCOC.O=Cc1cnn2ccc(Cl)cc12. The van der Waals surface area contributed by atoms with Crippen LogP contribution in [0, 0.1) is 0 Å². The van der Waals surface area contributed by atoms with Gasteiger partial charge in [-0.25, -0.2) is 4.52 Å². The average molecular weight is 301 g/mol. The van der Waals surface area contributed by atoms with Crippen LogP contribution < -0.4 is 0 Å². The van der Waals surface area contributed by atoms with E-state index in [4.69, 9.17) is 11.6 Å². The van der Waals surface area contributed by atoms with E-state index >= 15 is 0 Å². The lowest BCUT2D eigenvalue weighted by Gasteiger charge is -1.92. The zero-order valence-corrected chi connectivity index (χ0v) is 13.9. The van der Waals surface area contributed by atoms with Crippen LogP contribution in [0.1, 0.15) is 45.0 Å². The van der Waals surface area contributed by atoms with Gasteiger partial charge in [0.25, 0.3) is 0 Å². The second-order valence-corrected chi connectivity index (χ2v) is 3.41. The molecule has 4 nitrogen and oxygen atoms in total. The van der Waals surface area contributed by atoms with E-state index in [2.05, 4.69) is 9.84 Å². The zero-order valence-electron chi connectivity index (χ0n) is 13.2. The first-order chi connectivity index (χ1) is 9.72. The molecular formula is C15H25ClN2O2. The summed E-state index contributed by atoms with van der Waals surface area (Å²) < 4.78 is 6.15. The van der Waals surface area contributed by atoms with Crippen LogP contribution >= 0.6 is 11.6 Å². The van der Waals surface area contributed by atoms with Crippen molar-refractivity contribution in [1.82, 2.24) is 9.61 Å². The zero-order chi connectivity index (χ0) is 16.0. The van der Waals surface area contributed by atoms with Crippen molar-refractivity contribution in [2.24, 2.45) is 0 Å². The Balaban J connectivity index is 0. The Morgan fingerprint density at radius 2 is 1.90 bits per heavy atom. The maximum absolute atomic E-state index is 10.5. The molecule has 0 aliphatic heterocycles. The van der Waals surface area contributed by atoms with Gasteiger partial charge < -0.3 is 4.74 Å². The van der Waals surface area contributed by atoms with Crippen LogP contribution in [0.4, 0.5) is 0 Å². The molecule has 0 saturated carbocycles. The Bertz CT molecular complexity index is 468. The maximum Gasteiger partial charge on any atom is 0.153 e. The molecule has 20 heavy (non-hydrogen) atoms. The van der Waals surface area contributed by atoms with E-state index in [1.165, 1.54) is 6.20 Å². The topological polar surface area (TPSA) is 43.6 Å². The van der Waals surface area contributed by atoms with E-state index in [0.717, 1.165) is 18.4 Å². The molecule has 2 aromatic rings. The van der Waals surface area contributed by atoms with Crippen molar-refractivity contribution in [3.05, 3.63) is 35.1 Å². The lowest BCUT2D eigenvalue weighted by molar-refractivity contribution is 0.112. The molecule has 0 N–H and O–H groups in total. The summed E-state index contributed by atoms with van der Waals surface area (Å²) in [6.45, 7) is 10.8. The third-order valence-electron chi connectivity index (χ3n) is 1.93. The number of aldehydes is 1. The standard InChI is InChI=1S/C8H5ClN2O.C3H8O.2C2H6/c9-7-1-2-11-8(3-7)6(5-12)4-10-11;1-3-4-2;2*1-2/h1-5H;3H2,1-2H3;2*1-2H3. The van der Waals surface area contributed by atoms with E-state index in [1.807, 2.05) is 34.6 Å². The number of halogens is 1. The second kappa shape index (κ2) is 14.0. The van der Waals surface area contributed by atoms with Gasteiger partial charge in [-0.15, -0.1) is 0 Å². The molecule has 0 aliphatic carbocycles. The molecule has 2 heterocycles. The van der Waals surface area contributed by atoms with E-state index in [1.54, 1.807) is 30.0 Å². The van der Waals surface area contributed by atoms with Crippen LogP contribution in [0.15, 0.2) is 24.5 Å². The molecule has 0 atom stereocenters. The summed E-state index contributed by atoms with van der Waals surface area (Å²) in [6, 6.07) is 3.43. The number of nitrogens with zero attached hydrogens (tertiary/aromatic N) is 2. The minimum Gasteiger partial charge on any atom is -0.385 e. The van der Waals surface area contributed by atoms with Crippen LogP contribution in [-0.2, 0) is 4.74 Å². The second-order valence-electron chi connectivity index (χ2n) is 2.97. The first kappa shape index (κ1) is 20.9. The summed E-state index contributed by atoms with van der Waals surface area (Å²) >= 11 is 5.75. The summed E-state index contributed by atoms with van der Waals surface area (Å²) in [4.78, 5) is 10.5. The Morgan fingerprint density at radius 3 is 2.35 bits per heavy atom. The quantitative estimate of drug-likeness (QED) is 0.767. The van der Waals surface area contributed by atoms with Gasteiger partial charge >= 0.3 is 0 Å². The number of rotatable bonds is 2. The number of fused-ring (bicyclic) bond motifs is 1. The van der Waals surface area contributed by atoms with Crippen LogP contribution in [0.3, 0.4) is 0 Å². The highest BCUT2D eigenvalue weighted by Crippen LogP contribution is 2.14. The van der Waals surface area contributed by atoms with E-state index < -0.39 is 0 Å². The number of aromatic nitrogens is 2. The predicted octanol–water partition coefficient (Wildman–Crippen LogP) is 4.51. The van der Waals surface area contributed by atoms with Crippen LogP contribution in [0.25, 0.3) is 5.52 Å². The van der Waals surface area contributed by atoms with Gasteiger partial charge in [-0.2, -0.15) is 5.10 Å². The predicted molar refractivity (Wildman–Crippen MR) is 85.8 cm³/mol. The fraction of sp³-hybridized carbons (Fsp3) is 0.467. The minimum absolute atomic E-state index is 0.553. The lowest BCUT2D eigenvalue weighted by atomic mass is 10.3. The summed E-state index contributed by atoms with van der Waals surface area (Å²) in [7, 11) is 1.68. The van der Waals surface area contributed by atoms with Gasteiger partial charge in [-0.1, -0.05) is 39.3 Å². The number of hydrogen-bond acceptors (Lipinski definition) is 3. The first-order valence-electron chi connectivity index (χ1n) is 6.80. The van der Waals surface area contributed by atoms with E-state index in [-0.39, 0.29) is 0 Å². The number of carbonyl (C=O) groups excluding carboxylic acids is 1. The van der Waals surface area contributed by atoms with Gasteiger partial charge in [0.05, 0.1) is 17.3 Å². The van der Waals surface area contributed by atoms with Gasteiger partial charge in [0.15, 0.2) is 6.29 Å². The summed E-state index contributed by atoms with van der Waals surface area (Å²) in [6.07, 6.45) is 3.99. The van der Waals surface area contributed by atoms with Gasteiger partial charge in [0.2, 0.25) is 0 Å². The first-order valence-corrected chi connectivity index (χ1v) is 7.17. The summed E-state index contributed by atoms with van der Waals surface area (Å²) in [5.41, 5.74) is 1.29. The highest BCUT2D eigenvalue weighted by Gasteiger charge is 2.01. The number of pyridine rings is 1. The average Bonchev–Trinajstić information content (AvgIpc) is 2.93. The molecule has 0 spiro atoms. The third kappa shape index (κ3) is 7.26. The van der Waals surface area contributed by atoms with Crippen molar-refractivity contribution in [2.75, 3.05) is 13.7 Å². The molecule has 2 rings (SSSR count). The molecule has 0 aliphatic rings. The molecule has 0 saturated heterocycles. The summed E-state index contributed by atoms with van der Waals surface area (Å²) in [5, 5.41) is 4.56. The number of hydrogen-bond donors (Lipinski definition) is 0. The van der Waals surface area contributed by atoms with Crippen molar-refractivity contribution in [3.63, 3.8) is 0 Å². The molecule has 2 aromatic heterocycles. The molecule has 0 bridgehead atoms.